The Balaban J connectivity index is 0.000000518. The van der Waals surface area contributed by atoms with E-state index in [-0.39, 0.29) is 12.6 Å². The molecule has 0 aromatic carbocycles. The van der Waals surface area contributed by atoms with E-state index in [0.717, 1.165) is 64.6 Å². The van der Waals surface area contributed by atoms with Gasteiger partial charge in [-0.15, -0.1) is 0 Å². The first-order chi connectivity index (χ1) is 10.6. The lowest BCUT2D eigenvalue weighted by molar-refractivity contribution is -0.231. The van der Waals surface area contributed by atoms with E-state index in [0.29, 0.717) is 5.78 Å². The lowest BCUT2D eigenvalue weighted by Gasteiger charge is -2.19. The Bertz CT molecular complexity index is 233. The van der Waals surface area contributed by atoms with Crippen LogP contribution in [-0.2, 0) is 19.0 Å². The fourth-order valence-corrected chi connectivity index (χ4v) is 2.08. The van der Waals surface area contributed by atoms with Gasteiger partial charge in [0.1, 0.15) is 5.78 Å². The van der Waals surface area contributed by atoms with Gasteiger partial charge in [-0.25, -0.2) is 0 Å². The lowest BCUT2D eigenvalue weighted by Crippen LogP contribution is -2.23. The maximum atomic E-state index is 10.5. The van der Waals surface area contributed by atoms with Gasteiger partial charge >= 0.3 is 0 Å². The van der Waals surface area contributed by atoms with Crippen LogP contribution in [0.4, 0.5) is 0 Å². The summed E-state index contributed by atoms with van der Waals surface area (Å²) < 4.78 is 16.4. The van der Waals surface area contributed by atoms with E-state index in [2.05, 4.69) is 13.8 Å². The molecule has 0 aromatic heterocycles. The molecular formula is C18H36O4. The zero-order valence-corrected chi connectivity index (χ0v) is 15.1. The minimum absolute atomic E-state index is 0.173. The summed E-state index contributed by atoms with van der Waals surface area (Å²) in [5, 5.41) is 0. The van der Waals surface area contributed by atoms with Gasteiger partial charge in [0.05, 0.1) is 0 Å². The van der Waals surface area contributed by atoms with Crippen LogP contribution in [0.3, 0.4) is 0 Å². The Labute approximate surface area is 136 Å². The van der Waals surface area contributed by atoms with Crippen LogP contribution in [0.25, 0.3) is 0 Å². The van der Waals surface area contributed by atoms with Crippen LogP contribution < -0.4 is 0 Å². The quantitative estimate of drug-likeness (QED) is 0.427. The Morgan fingerprint density at radius 1 is 0.864 bits per heavy atom. The topological polar surface area (TPSA) is 44.8 Å². The van der Waals surface area contributed by atoms with Gasteiger partial charge in [0, 0.05) is 26.1 Å². The number of ketones is 1. The molecule has 22 heavy (non-hydrogen) atoms. The minimum atomic E-state index is -0.173. The average molecular weight is 316 g/mol. The predicted molar refractivity (Wildman–Crippen MR) is 89.8 cm³/mol. The van der Waals surface area contributed by atoms with Gasteiger partial charge in [0.15, 0.2) is 12.6 Å². The largest absolute Gasteiger partial charge is 0.353 e. The number of hydrogen-bond acceptors (Lipinski definition) is 4. The molecule has 0 bridgehead atoms. The molecular weight excluding hydrogens is 280 g/mol. The molecule has 0 heterocycles. The molecule has 0 saturated heterocycles. The first-order valence-electron chi connectivity index (χ1n) is 9.00. The SMILES string of the molecule is CCCCOC(C)OC(C)OCCCC.O=C1CCCCC1. The van der Waals surface area contributed by atoms with E-state index in [9.17, 15) is 4.79 Å². The molecule has 0 amide bonds. The Morgan fingerprint density at radius 2 is 1.32 bits per heavy atom. The third-order valence-corrected chi connectivity index (χ3v) is 3.50. The number of unbranched alkanes of at least 4 members (excludes halogenated alkanes) is 2. The van der Waals surface area contributed by atoms with Gasteiger partial charge in [-0.05, 0) is 39.5 Å². The molecule has 132 valence electrons. The molecule has 1 rings (SSSR count). The van der Waals surface area contributed by atoms with Gasteiger partial charge in [-0.3, -0.25) is 4.79 Å². The highest BCUT2D eigenvalue weighted by Crippen LogP contribution is 2.12. The number of Topliss-reactive ketones (excluding diaryl/α,β-unsaturated/α-hetero) is 1. The maximum Gasteiger partial charge on any atom is 0.157 e. The highest BCUT2D eigenvalue weighted by molar-refractivity contribution is 5.78. The third kappa shape index (κ3) is 14.5. The van der Waals surface area contributed by atoms with Crippen LogP contribution in [-0.4, -0.2) is 31.6 Å². The fourth-order valence-electron chi connectivity index (χ4n) is 2.08. The van der Waals surface area contributed by atoms with Crippen molar-refractivity contribution in [2.24, 2.45) is 0 Å². The number of rotatable bonds is 10. The predicted octanol–water partition coefficient (Wildman–Crippen LogP) is 4.85. The standard InChI is InChI=1S/C12H26O3.C6H10O/c1-5-7-9-13-11(3)15-12(4)14-10-8-6-2;7-6-4-2-1-3-5-6/h11-12H,5-10H2,1-4H3;1-5H2. The molecule has 1 aliphatic carbocycles. The van der Waals surface area contributed by atoms with Crippen molar-refractivity contribution in [1.82, 2.24) is 0 Å². The molecule has 0 spiro atoms. The van der Waals surface area contributed by atoms with E-state index in [1.807, 2.05) is 13.8 Å². The minimum Gasteiger partial charge on any atom is -0.353 e. The van der Waals surface area contributed by atoms with E-state index >= 15 is 0 Å². The summed E-state index contributed by atoms with van der Waals surface area (Å²) in [5.74, 6) is 0.464. The second-order valence-electron chi connectivity index (χ2n) is 5.82. The molecule has 1 saturated carbocycles. The van der Waals surface area contributed by atoms with Crippen molar-refractivity contribution in [3.05, 3.63) is 0 Å². The summed E-state index contributed by atoms with van der Waals surface area (Å²) in [4.78, 5) is 10.5. The first-order valence-corrected chi connectivity index (χ1v) is 9.00. The third-order valence-electron chi connectivity index (χ3n) is 3.50. The normalized spacial score (nSPS) is 17.5. The highest BCUT2D eigenvalue weighted by atomic mass is 16.8. The Morgan fingerprint density at radius 3 is 1.64 bits per heavy atom. The smallest absolute Gasteiger partial charge is 0.157 e. The summed E-state index contributed by atoms with van der Waals surface area (Å²) >= 11 is 0. The van der Waals surface area contributed by atoms with Crippen LogP contribution in [0.2, 0.25) is 0 Å². The van der Waals surface area contributed by atoms with Crippen molar-refractivity contribution in [2.45, 2.75) is 98.1 Å². The molecule has 1 aliphatic rings. The van der Waals surface area contributed by atoms with Gasteiger partial charge in [0.2, 0.25) is 0 Å². The molecule has 1 fully saturated rings. The number of carbonyl (C=O) groups is 1. The first kappa shape index (κ1) is 21.6. The highest BCUT2D eigenvalue weighted by Gasteiger charge is 2.08. The van der Waals surface area contributed by atoms with Crippen LogP contribution in [0, 0.1) is 0 Å². The van der Waals surface area contributed by atoms with Crippen molar-refractivity contribution in [2.75, 3.05) is 13.2 Å². The van der Waals surface area contributed by atoms with Crippen molar-refractivity contribution in [3.63, 3.8) is 0 Å². The fraction of sp³-hybridized carbons (Fsp3) is 0.944. The zero-order valence-electron chi connectivity index (χ0n) is 15.1. The molecule has 2 unspecified atom stereocenters. The van der Waals surface area contributed by atoms with Crippen LogP contribution in [0.15, 0.2) is 0 Å². The number of ether oxygens (including phenoxy) is 3. The monoisotopic (exact) mass is 316 g/mol. The summed E-state index contributed by atoms with van der Waals surface area (Å²) in [7, 11) is 0. The van der Waals surface area contributed by atoms with Gasteiger partial charge in [-0.1, -0.05) is 33.1 Å². The van der Waals surface area contributed by atoms with Crippen molar-refractivity contribution >= 4 is 5.78 Å². The molecule has 4 heteroatoms. The van der Waals surface area contributed by atoms with Crippen LogP contribution in [0.5, 0.6) is 0 Å². The summed E-state index contributed by atoms with van der Waals surface area (Å²) in [6.07, 6.45) is 9.35. The molecule has 4 nitrogen and oxygen atoms in total. The van der Waals surface area contributed by atoms with E-state index in [4.69, 9.17) is 14.2 Å². The summed E-state index contributed by atoms with van der Waals surface area (Å²) in [6, 6.07) is 0. The Hall–Kier alpha value is -0.450. The summed E-state index contributed by atoms with van der Waals surface area (Å²) in [5.41, 5.74) is 0. The average Bonchev–Trinajstić information content (AvgIpc) is 2.49. The van der Waals surface area contributed by atoms with Crippen molar-refractivity contribution < 1.29 is 19.0 Å². The Kier molecular flexibility index (Phi) is 15.1. The van der Waals surface area contributed by atoms with Crippen LogP contribution in [0.1, 0.15) is 85.5 Å². The molecule has 0 aromatic rings. The second-order valence-corrected chi connectivity index (χ2v) is 5.82. The summed E-state index contributed by atoms with van der Waals surface area (Å²) in [6.45, 7) is 9.64. The van der Waals surface area contributed by atoms with E-state index < -0.39 is 0 Å². The lowest BCUT2D eigenvalue weighted by atomic mass is 10.00. The van der Waals surface area contributed by atoms with E-state index in [1.165, 1.54) is 6.42 Å². The van der Waals surface area contributed by atoms with E-state index in [1.54, 1.807) is 0 Å². The van der Waals surface area contributed by atoms with Gasteiger partial charge in [0.25, 0.3) is 0 Å². The molecule has 0 N–H and O–H groups in total. The second kappa shape index (κ2) is 15.4. The number of carbonyl (C=O) groups excluding carboxylic acids is 1. The molecule has 0 radical (unpaired) electrons. The molecule has 2 atom stereocenters. The van der Waals surface area contributed by atoms with Gasteiger partial charge in [-0.2, -0.15) is 0 Å². The maximum absolute atomic E-state index is 10.5. The van der Waals surface area contributed by atoms with Crippen LogP contribution >= 0.6 is 0 Å². The van der Waals surface area contributed by atoms with Gasteiger partial charge < -0.3 is 14.2 Å². The van der Waals surface area contributed by atoms with Crippen molar-refractivity contribution in [1.29, 1.82) is 0 Å². The number of hydrogen-bond donors (Lipinski definition) is 0. The molecule has 0 aliphatic heterocycles. The van der Waals surface area contributed by atoms with Crippen molar-refractivity contribution in [3.8, 4) is 0 Å². The zero-order chi connectivity index (χ0) is 16.6.